The lowest BCUT2D eigenvalue weighted by molar-refractivity contribution is -0.137. The first-order valence-electron chi connectivity index (χ1n) is 6.82. The van der Waals surface area contributed by atoms with Crippen molar-refractivity contribution >= 4 is 33.2 Å². The van der Waals surface area contributed by atoms with Crippen LogP contribution in [-0.4, -0.2) is 21.4 Å². The molecule has 1 amide bonds. The van der Waals surface area contributed by atoms with E-state index in [0.717, 1.165) is 12.1 Å². The van der Waals surface area contributed by atoms with Gasteiger partial charge in [0.05, 0.1) is 17.7 Å². The van der Waals surface area contributed by atoms with E-state index in [0.29, 0.717) is 6.07 Å². The molecule has 0 aliphatic carbocycles. The Balaban J connectivity index is 2.37. The summed E-state index contributed by atoms with van der Waals surface area (Å²) < 4.78 is 66.6. The minimum absolute atomic E-state index is 0.0742. The molecule has 2 aromatic carbocycles. The summed E-state index contributed by atoms with van der Waals surface area (Å²) >= 11 is 5.51. The summed E-state index contributed by atoms with van der Waals surface area (Å²) in [7, 11) is -2.96. The first-order valence-corrected chi connectivity index (χ1v) is 8.75. The predicted molar refractivity (Wildman–Crippen MR) is 88.8 cm³/mol. The molecule has 11 heteroatoms. The second-order valence-corrected chi connectivity index (χ2v) is 6.99. The van der Waals surface area contributed by atoms with E-state index in [-0.39, 0.29) is 17.0 Å². The third-order valence-corrected chi connectivity index (χ3v) is 4.52. The first-order chi connectivity index (χ1) is 11.9. The summed E-state index contributed by atoms with van der Waals surface area (Å²) in [5, 5.41) is 6.78. The Bertz CT molecular complexity index is 962. The van der Waals surface area contributed by atoms with Gasteiger partial charge in [0.15, 0.2) is 0 Å². The number of benzene rings is 2. The molecule has 2 aromatic rings. The Labute approximate surface area is 151 Å². The fraction of sp³-hybridized carbons (Fsp3) is 0.133. The molecule has 0 heterocycles. The maximum Gasteiger partial charge on any atom is 0.417 e. The van der Waals surface area contributed by atoms with Crippen molar-refractivity contribution in [2.24, 2.45) is 5.14 Å². The highest BCUT2D eigenvalue weighted by Gasteiger charge is 2.33. The number of amides is 1. The van der Waals surface area contributed by atoms with Gasteiger partial charge in [-0.3, -0.25) is 4.79 Å². The van der Waals surface area contributed by atoms with Gasteiger partial charge in [0.1, 0.15) is 10.6 Å². The van der Waals surface area contributed by atoms with Crippen LogP contribution in [-0.2, 0) is 16.2 Å². The third kappa shape index (κ3) is 4.45. The molecule has 26 heavy (non-hydrogen) atoms. The van der Waals surface area contributed by atoms with Crippen LogP contribution < -0.4 is 15.2 Å². The molecule has 0 aliphatic heterocycles. The van der Waals surface area contributed by atoms with Crippen LogP contribution >= 0.6 is 11.6 Å². The van der Waals surface area contributed by atoms with Gasteiger partial charge in [-0.15, -0.1) is 0 Å². The van der Waals surface area contributed by atoms with Crippen LogP contribution in [0.1, 0.15) is 15.9 Å². The fourth-order valence-electron chi connectivity index (χ4n) is 2.06. The maximum absolute atomic E-state index is 12.9. The number of carbonyl (C=O) groups is 1. The van der Waals surface area contributed by atoms with E-state index in [9.17, 15) is 26.4 Å². The van der Waals surface area contributed by atoms with Crippen molar-refractivity contribution in [1.29, 1.82) is 0 Å². The number of nitrogens with two attached hydrogens (primary N) is 1. The SMILES string of the molecule is COc1ccc(C(=O)Nc2ccc(Cl)c(C(F)(F)F)c2)cc1S(N)(=O)=O. The topological polar surface area (TPSA) is 98.5 Å². The van der Waals surface area contributed by atoms with Crippen molar-refractivity contribution in [1.82, 2.24) is 0 Å². The van der Waals surface area contributed by atoms with Gasteiger partial charge in [-0.25, -0.2) is 13.6 Å². The Morgan fingerprint density at radius 3 is 2.38 bits per heavy atom. The van der Waals surface area contributed by atoms with E-state index in [4.69, 9.17) is 21.5 Å². The fourth-order valence-corrected chi connectivity index (χ4v) is 3.01. The minimum Gasteiger partial charge on any atom is -0.495 e. The molecular formula is C15H12ClF3N2O4S. The van der Waals surface area contributed by atoms with Crippen molar-refractivity contribution in [3.63, 3.8) is 0 Å². The van der Waals surface area contributed by atoms with Crippen LogP contribution in [0.5, 0.6) is 5.75 Å². The van der Waals surface area contributed by atoms with Crippen LogP contribution in [0, 0.1) is 0 Å². The van der Waals surface area contributed by atoms with E-state index in [2.05, 4.69) is 5.32 Å². The monoisotopic (exact) mass is 408 g/mol. The summed E-state index contributed by atoms with van der Waals surface area (Å²) in [4.78, 5) is 11.8. The standard InChI is InChI=1S/C15H12ClF3N2O4S/c1-25-12-5-2-8(6-13(12)26(20,23)24)14(22)21-9-3-4-11(16)10(7-9)15(17,18)19/h2-7H,1H3,(H,21,22)(H2,20,23,24). The van der Waals surface area contributed by atoms with Gasteiger partial charge in [-0.2, -0.15) is 13.2 Å². The normalized spacial score (nSPS) is 11.9. The van der Waals surface area contributed by atoms with Gasteiger partial charge >= 0.3 is 6.18 Å². The Hall–Kier alpha value is -2.30. The van der Waals surface area contributed by atoms with Gasteiger partial charge in [0.25, 0.3) is 5.91 Å². The van der Waals surface area contributed by atoms with Gasteiger partial charge in [0.2, 0.25) is 10.0 Å². The van der Waals surface area contributed by atoms with Crippen LogP contribution in [0.3, 0.4) is 0 Å². The molecule has 0 fully saturated rings. The van der Waals surface area contributed by atoms with Crippen molar-refractivity contribution in [3.05, 3.63) is 52.5 Å². The number of hydrogen-bond donors (Lipinski definition) is 2. The van der Waals surface area contributed by atoms with E-state index < -0.39 is 37.6 Å². The largest absolute Gasteiger partial charge is 0.495 e. The summed E-state index contributed by atoms with van der Waals surface area (Å²) in [6.45, 7) is 0. The molecular weight excluding hydrogens is 397 g/mol. The zero-order valence-corrected chi connectivity index (χ0v) is 14.7. The number of carbonyl (C=O) groups excluding carboxylic acids is 1. The number of anilines is 1. The van der Waals surface area contributed by atoms with Gasteiger partial charge in [-0.1, -0.05) is 11.6 Å². The predicted octanol–water partition coefficient (Wildman–Crippen LogP) is 3.27. The van der Waals surface area contributed by atoms with E-state index in [1.54, 1.807) is 0 Å². The van der Waals surface area contributed by atoms with Crippen LogP contribution in [0.15, 0.2) is 41.3 Å². The maximum atomic E-state index is 12.9. The molecule has 0 radical (unpaired) electrons. The molecule has 140 valence electrons. The van der Waals surface area contributed by atoms with Gasteiger partial charge in [-0.05, 0) is 36.4 Å². The summed E-state index contributed by atoms with van der Waals surface area (Å²) in [5.41, 5.74) is -1.42. The van der Waals surface area contributed by atoms with Gasteiger partial charge < -0.3 is 10.1 Å². The molecule has 0 aliphatic rings. The molecule has 6 nitrogen and oxygen atoms in total. The van der Waals surface area contributed by atoms with E-state index in [1.807, 2.05) is 0 Å². The number of halogens is 4. The van der Waals surface area contributed by atoms with Crippen molar-refractivity contribution in [2.75, 3.05) is 12.4 Å². The Kier molecular flexibility index (Phi) is 5.49. The highest BCUT2D eigenvalue weighted by molar-refractivity contribution is 7.89. The van der Waals surface area contributed by atoms with Crippen LogP contribution in [0.2, 0.25) is 5.02 Å². The lowest BCUT2D eigenvalue weighted by atomic mass is 10.1. The summed E-state index contributed by atoms with van der Waals surface area (Å²) in [6.07, 6.45) is -4.70. The number of sulfonamides is 1. The zero-order valence-electron chi connectivity index (χ0n) is 13.1. The zero-order chi connectivity index (χ0) is 19.7. The number of alkyl halides is 3. The average molecular weight is 409 g/mol. The van der Waals surface area contributed by atoms with Crippen LogP contribution in [0.25, 0.3) is 0 Å². The number of rotatable bonds is 4. The Morgan fingerprint density at radius 1 is 1.19 bits per heavy atom. The third-order valence-electron chi connectivity index (χ3n) is 3.26. The summed E-state index contributed by atoms with van der Waals surface area (Å²) in [6, 6.07) is 6.25. The van der Waals surface area contributed by atoms with Crippen LogP contribution in [0.4, 0.5) is 18.9 Å². The Morgan fingerprint density at radius 2 is 1.85 bits per heavy atom. The molecule has 2 rings (SSSR count). The van der Waals surface area contributed by atoms with Gasteiger partial charge in [0, 0.05) is 11.3 Å². The summed E-state index contributed by atoms with van der Waals surface area (Å²) in [5.74, 6) is -0.914. The van der Waals surface area contributed by atoms with E-state index >= 15 is 0 Å². The number of nitrogens with one attached hydrogen (secondary N) is 1. The number of primary sulfonamides is 1. The second-order valence-electron chi connectivity index (χ2n) is 5.06. The van der Waals surface area contributed by atoms with Crippen molar-refractivity contribution in [3.8, 4) is 5.75 Å². The van der Waals surface area contributed by atoms with E-state index in [1.165, 1.54) is 25.3 Å². The molecule has 0 saturated carbocycles. The lowest BCUT2D eigenvalue weighted by Gasteiger charge is -2.12. The molecule has 3 N–H and O–H groups in total. The highest BCUT2D eigenvalue weighted by atomic mass is 35.5. The molecule has 0 bridgehead atoms. The number of hydrogen-bond acceptors (Lipinski definition) is 4. The number of methoxy groups -OCH3 is 1. The number of ether oxygens (including phenoxy) is 1. The molecule has 0 saturated heterocycles. The smallest absolute Gasteiger partial charge is 0.417 e. The molecule has 0 atom stereocenters. The molecule has 0 aromatic heterocycles. The first kappa shape index (κ1) is 20.0. The quantitative estimate of drug-likeness (QED) is 0.811. The highest BCUT2D eigenvalue weighted by Crippen LogP contribution is 2.36. The average Bonchev–Trinajstić information content (AvgIpc) is 2.54. The second kappa shape index (κ2) is 7.14. The van der Waals surface area contributed by atoms with Crippen molar-refractivity contribution in [2.45, 2.75) is 11.1 Å². The van der Waals surface area contributed by atoms with Crippen molar-refractivity contribution < 1.29 is 31.1 Å². The lowest BCUT2D eigenvalue weighted by Crippen LogP contribution is -2.17. The minimum atomic E-state index is -4.70. The molecule has 0 unspecified atom stereocenters. The molecule has 0 spiro atoms.